The molecule has 2 aromatic rings. The van der Waals surface area contributed by atoms with Gasteiger partial charge in [-0.3, -0.25) is 4.79 Å². The third-order valence-electron chi connectivity index (χ3n) is 3.02. The summed E-state index contributed by atoms with van der Waals surface area (Å²) < 4.78 is 0. The van der Waals surface area contributed by atoms with Crippen LogP contribution in [-0.4, -0.2) is 35.5 Å². The number of hydrogen-bond donors (Lipinski definition) is 3. The second kappa shape index (κ2) is 8.33. The molecule has 2 rings (SSSR count). The molecule has 0 spiro atoms. The van der Waals surface area contributed by atoms with Crippen molar-refractivity contribution < 1.29 is 4.79 Å². The molecule has 0 saturated heterocycles. The van der Waals surface area contributed by atoms with Crippen molar-refractivity contribution in [1.82, 2.24) is 15.3 Å². The van der Waals surface area contributed by atoms with Gasteiger partial charge in [-0.25, -0.2) is 4.98 Å². The van der Waals surface area contributed by atoms with E-state index in [2.05, 4.69) is 25.9 Å². The van der Waals surface area contributed by atoms with E-state index >= 15 is 0 Å². The summed E-state index contributed by atoms with van der Waals surface area (Å²) in [6.07, 6.45) is 0. The fraction of sp³-hybridized carbons (Fsp3) is 0.312. The predicted molar refractivity (Wildman–Crippen MR) is 93.2 cm³/mol. The van der Waals surface area contributed by atoms with E-state index in [4.69, 9.17) is 11.6 Å². The Bertz CT molecular complexity index is 677. The fourth-order valence-electron chi connectivity index (χ4n) is 2.01. The number of carbonyl (C=O) groups is 1. The molecule has 0 saturated carbocycles. The van der Waals surface area contributed by atoms with Crippen molar-refractivity contribution in [2.45, 2.75) is 13.8 Å². The maximum atomic E-state index is 12.0. The van der Waals surface area contributed by atoms with E-state index in [1.165, 1.54) is 0 Å². The lowest BCUT2D eigenvalue weighted by atomic mass is 10.2. The van der Waals surface area contributed by atoms with Crippen LogP contribution in [0.25, 0.3) is 0 Å². The fourth-order valence-corrected chi connectivity index (χ4v) is 2.23. The molecule has 0 unspecified atom stereocenters. The highest BCUT2D eigenvalue weighted by Crippen LogP contribution is 2.14. The van der Waals surface area contributed by atoms with Crippen LogP contribution < -0.4 is 16.0 Å². The van der Waals surface area contributed by atoms with Gasteiger partial charge in [0.15, 0.2) is 0 Å². The number of nitrogens with zero attached hydrogens (tertiary/aromatic N) is 2. The molecule has 3 N–H and O–H groups in total. The van der Waals surface area contributed by atoms with Gasteiger partial charge in [-0.2, -0.15) is 4.98 Å². The first-order valence-corrected chi connectivity index (χ1v) is 7.84. The van der Waals surface area contributed by atoms with Crippen LogP contribution in [0.2, 0.25) is 5.02 Å². The number of hydrogen-bond acceptors (Lipinski definition) is 5. The molecule has 6 nitrogen and oxygen atoms in total. The highest BCUT2D eigenvalue weighted by molar-refractivity contribution is 6.33. The number of nitrogens with one attached hydrogen (secondary N) is 3. The van der Waals surface area contributed by atoms with Crippen LogP contribution >= 0.6 is 11.6 Å². The van der Waals surface area contributed by atoms with Crippen LogP contribution in [0, 0.1) is 6.92 Å². The van der Waals surface area contributed by atoms with Gasteiger partial charge in [0, 0.05) is 31.4 Å². The lowest BCUT2D eigenvalue weighted by Crippen LogP contribution is -2.29. The summed E-state index contributed by atoms with van der Waals surface area (Å²) >= 11 is 5.99. The van der Waals surface area contributed by atoms with E-state index in [-0.39, 0.29) is 5.91 Å². The van der Waals surface area contributed by atoms with Crippen LogP contribution in [0.1, 0.15) is 23.0 Å². The number of anilines is 2. The summed E-state index contributed by atoms with van der Waals surface area (Å²) in [4.78, 5) is 20.7. The number of benzene rings is 1. The molecule has 1 amide bonds. The summed E-state index contributed by atoms with van der Waals surface area (Å²) in [5.74, 6) is 1.12. The van der Waals surface area contributed by atoms with Crippen molar-refractivity contribution in [3.05, 3.63) is 46.6 Å². The zero-order valence-electron chi connectivity index (χ0n) is 13.2. The SMILES string of the molecule is CCNc1cc(C)nc(NCCNC(=O)c2ccccc2Cl)n1. The monoisotopic (exact) mass is 333 g/mol. The minimum atomic E-state index is -0.198. The summed E-state index contributed by atoms with van der Waals surface area (Å²) in [5, 5.41) is 9.49. The first-order chi connectivity index (χ1) is 11.1. The van der Waals surface area contributed by atoms with E-state index < -0.39 is 0 Å². The van der Waals surface area contributed by atoms with E-state index in [0.29, 0.717) is 29.6 Å². The second-order valence-corrected chi connectivity index (χ2v) is 5.32. The summed E-state index contributed by atoms with van der Waals surface area (Å²) in [6.45, 7) is 5.68. The summed E-state index contributed by atoms with van der Waals surface area (Å²) in [6, 6.07) is 8.84. The van der Waals surface area contributed by atoms with Gasteiger partial charge in [-0.1, -0.05) is 23.7 Å². The molecule has 122 valence electrons. The maximum absolute atomic E-state index is 12.0. The van der Waals surface area contributed by atoms with Crippen LogP contribution in [0.3, 0.4) is 0 Å². The van der Waals surface area contributed by atoms with Gasteiger partial charge in [0.1, 0.15) is 5.82 Å². The van der Waals surface area contributed by atoms with Crippen LogP contribution in [-0.2, 0) is 0 Å². The van der Waals surface area contributed by atoms with Crippen molar-refractivity contribution in [2.24, 2.45) is 0 Å². The Morgan fingerprint density at radius 1 is 1.17 bits per heavy atom. The van der Waals surface area contributed by atoms with Gasteiger partial charge in [0.05, 0.1) is 10.6 Å². The van der Waals surface area contributed by atoms with Crippen LogP contribution in [0.15, 0.2) is 30.3 Å². The molecule has 1 aromatic carbocycles. The molecule has 7 heteroatoms. The summed E-state index contributed by atoms with van der Waals surface area (Å²) in [7, 11) is 0. The Morgan fingerprint density at radius 3 is 2.70 bits per heavy atom. The smallest absolute Gasteiger partial charge is 0.252 e. The zero-order chi connectivity index (χ0) is 16.7. The Labute approximate surface area is 140 Å². The van der Waals surface area contributed by atoms with E-state index in [1.807, 2.05) is 19.9 Å². The molecular weight excluding hydrogens is 314 g/mol. The first-order valence-electron chi connectivity index (χ1n) is 7.46. The molecule has 0 aliphatic carbocycles. The normalized spacial score (nSPS) is 10.2. The number of halogens is 1. The van der Waals surface area contributed by atoms with Crippen molar-refractivity contribution in [3.63, 3.8) is 0 Å². The quantitative estimate of drug-likeness (QED) is 0.679. The van der Waals surface area contributed by atoms with E-state index in [0.717, 1.165) is 18.1 Å². The molecule has 1 heterocycles. The molecule has 0 fully saturated rings. The van der Waals surface area contributed by atoms with Crippen LogP contribution in [0.5, 0.6) is 0 Å². The van der Waals surface area contributed by atoms with Gasteiger partial charge in [-0.15, -0.1) is 0 Å². The average Bonchev–Trinajstić information content (AvgIpc) is 2.51. The van der Waals surface area contributed by atoms with Gasteiger partial charge >= 0.3 is 0 Å². The van der Waals surface area contributed by atoms with Gasteiger partial charge < -0.3 is 16.0 Å². The van der Waals surface area contributed by atoms with E-state index in [9.17, 15) is 4.79 Å². The van der Waals surface area contributed by atoms with Gasteiger partial charge in [0.25, 0.3) is 5.91 Å². The van der Waals surface area contributed by atoms with Gasteiger partial charge in [-0.05, 0) is 26.0 Å². The first kappa shape index (κ1) is 17.0. The average molecular weight is 334 g/mol. The Morgan fingerprint density at radius 2 is 1.96 bits per heavy atom. The van der Waals surface area contributed by atoms with Crippen molar-refractivity contribution in [3.8, 4) is 0 Å². The minimum absolute atomic E-state index is 0.198. The van der Waals surface area contributed by atoms with Crippen molar-refractivity contribution in [1.29, 1.82) is 0 Å². The lowest BCUT2D eigenvalue weighted by Gasteiger charge is -2.10. The molecule has 0 atom stereocenters. The third kappa shape index (κ3) is 5.10. The van der Waals surface area contributed by atoms with Crippen molar-refractivity contribution >= 4 is 29.3 Å². The number of amides is 1. The Balaban J connectivity index is 1.84. The number of rotatable bonds is 7. The Hall–Kier alpha value is -2.34. The topological polar surface area (TPSA) is 78.9 Å². The maximum Gasteiger partial charge on any atom is 0.252 e. The summed E-state index contributed by atoms with van der Waals surface area (Å²) in [5.41, 5.74) is 1.34. The number of aryl methyl sites for hydroxylation is 1. The standard InChI is InChI=1S/C16H20ClN5O/c1-3-18-14-10-11(2)21-16(22-14)20-9-8-19-15(23)12-6-4-5-7-13(12)17/h4-7,10H,3,8-9H2,1-2H3,(H,19,23)(H2,18,20,21,22). The predicted octanol–water partition coefficient (Wildman–Crippen LogP) is 2.71. The molecule has 0 aliphatic rings. The zero-order valence-corrected chi connectivity index (χ0v) is 13.9. The Kier molecular flexibility index (Phi) is 6.17. The highest BCUT2D eigenvalue weighted by atomic mass is 35.5. The highest BCUT2D eigenvalue weighted by Gasteiger charge is 2.08. The number of aromatic nitrogens is 2. The van der Waals surface area contributed by atoms with Crippen molar-refractivity contribution in [2.75, 3.05) is 30.3 Å². The largest absolute Gasteiger partial charge is 0.370 e. The molecular formula is C16H20ClN5O. The molecule has 23 heavy (non-hydrogen) atoms. The second-order valence-electron chi connectivity index (χ2n) is 4.91. The third-order valence-corrected chi connectivity index (χ3v) is 3.35. The molecule has 1 aromatic heterocycles. The minimum Gasteiger partial charge on any atom is -0.370 e. The lowest BCUT2D eigenvalue weighted by molar-refractivity contribution is 0.0955. The number of carbonyl (C=O) groups excluding carboxylic acids is 1. The van der Waals surface area contributed by atoms with E-state index in [1.54, 1.807) is 24.3 Å². The molecule has 0 bridgehead atoms. The molecule has 0 aliphatic heterocycles. The molecule has 0 radical (unpaired) electrons. The van der Waals surface area contributed by atoms with Gasteiger partial charge in [0.2, 0.25) is 5.95 Å². The van der Waals surface area contributed by atoms with Crippen LogP contribution in [0.4, 0.5) is 11.8 Å².